The monoisotopic (exact) mass is 485 g/mol. The Bertz CT molecular complexity index is 1530. The zero-order chi connectivity index (χ0) is 26.2. The topological polar surface area (TPSA) is 98.6 Å². The van der Waals surface area contributed by atoms with E-state index >= 15 is 0 Å². The Morgan fingerprint density at radius 3 is 2.59 bits per heavy atom. The molecule has 2 N–H and O–H groups in total. The number of nitrogens with zero attached hydrogens (tertiary/aromatic N) is 3. The summed E-state index contributed by atoms with van der Waals surface area (Å²) in [6, 6.07) is 6.69. The van der Waals surface area contributed by atoms with Crippen molar-refractivity contribution in [2.24, 2.45) is 12.4 Å². The highest BCUT2D eigenvalue weighted by Crippen LogP contribution is 2.54. The molecule has 3 aliphatic rings. The SMILES string of the molecule is [2H]C([2H])([2H])n1cc(-c2cc(S(=O)(=O)N3CC[C@H](O)C3)ccc2N2CCC3(CC2)CC3)c2cc[nH]c2c1=O. The van der Waals surface area contributed by atoms with Gasteiger partial charge >= 0.3 is 0 Å². The van der Waals surface area contributed by atoms with Crippen molar-refractivity contribution in [3.8, 4) is 11.1 Å². The van der Waals surface area contributed by atoms with E-state index in [0.717, 1.165) is 36.2 Å². The van der Waals surface area contributed by atoms with Crippen LogP contribution in [0.1, 0.15) is 36.2 Å². The number of nitrogens with one attached hydrogen (secondary N) is 1. The average molecular weight is 486 g/mol. The van der Waals surface area contributed by atoms with Gasteiger partial charge in [-0.3, -0.25) is 4.79 Å². The van der Waals surface area contributed by atoms with E-state index in [1.165, 1.54) is 23.3 Å². The number of rotatable bonds is 4. The number of hydrogen-bond donors (Lipinski definition) is 2. The lowest BCUT2D eigenvalue weighted by Crippen LogP contribution is -2.35. The number of sulfonamides is 1. The van der Waals surface area contributed by atoms with Crippen molar-refractivity contribution in [2.45, 2.75) is 43.1 Å². The number of aromatic amines is 1. The van der Waals surface area contributed by atoms with E-state index in [1.54, 1.807) is 30.5 Å². The largest absolute Gasteiger partial charge is 0.392 e. The quantitative estimate of drug-likeness (QED) is 0.592. The third kappa shape index (κ3) is 3.49. The predicted molar refractivity (Wildman–Crippen MR) is 131 cm³/mol. The molecule has 0 bridgehead atoms. The van der Waals surface area contributed by atoms with Crippen LogP contribution in [0.2, 0.25) is 0 Å². The number of β-amino-alcohol motifs (C(OH)–C–C–N with tert-alkyl or cyclic N) is 1. The second kappa shape index (κ2) is 7.69. The zero-order valence-electron chi connectivity index (χ0n) is 21.8. The number of fused-ring (bicyclic) bond motifs is 1. The Labute approximate surface area is 203 Å². The van der Waals surface area contributed by atoms with Crippen LogP contribution in [0.5, 0.6) is 0 Å². The number of aliphatic hydroxyl groups excluding tert-OH is 1. The minimum absolute atomic E-state index is 0.0413. The van der Waals surface area contributed by atoms with Gasteiger partial charge in [-0.2, -0.15) is 4.31 Å². The van der Waals surface area contributed by atoms with Crippen LogP contribution in [0.15, 0.2) is 46.3 Å². The number of hydrogen-bond acceptors (Lipinski definition) is 5. The fraction of sp³-hybridized carbons (Fsp3) is 0.480. The van der Waals surface area contributed by atoms with E-state index in [2.05, 4.69) is 9.88 Å². The van der Waals surface area contributed by atoms with Crippen LogP contribution in [0.4, 0.5) is 5.69 Å². The van der Waals surface area contributed by atoms with Gasteiger partial charge in [-0.05, 0) is 61.8 Å². The molecule has 1 spiro atoms. The summed E-state index contributed by atoms with van der Waals surface area (Å²) in [6.07, 6.45) is 7.22. The van der Waals surface area contributed by atoms with Crippen LogP contribution in [0, 0.1) is 5.41 Å². The van der Waals surface area contributed by atoms with Crippen LogP contribution in [-0.4, -0.2) is 59.7 Å². The Morgan fingerprint density at radius 2 is 1.91 bits per heavy atom. The summed E-state index contributed by atoms with van der Waals surface area (Å²) in [4.78, 5) is 18.1. The minimum atomic E-state index is -3.88. The molecule has 0 unspecified atom stereocenters. The van der Waals surface area contributed by atoms with Crippen LogP contribution < -0.4 is 10.5 Å². The van der Waals surface area contributed by atoms with Gasteiger partial charge in [-0.1, -0.05) is 0 Å². The van der Waals surface area contributed by atoms with Gasteiger partial charge in [0.05, 0.1) is 11.0 Å². The van der Waals surface area contributed by atoms with Crippen LogP contribution >= 0.6 is 0 Å². The highest BCUT2D eigenvalue weighted by atomic mass is 32.2. The maximum absolute atomic E-state index is 13.5. The first-order chi connectivity index (χ1) is 17.5. The van der Waals surface area contributed by atoms with Crippen molar-refractivity contribution < 1.29 is 17.6 Å². The maximum atomic E-state index is 13.5. The Balaban J connectivity index is 1.54. The molecule has 4 heterocycles. The van der Waals surface area contributed by atoms with Gasteiger partial charge in [0.1, 0.15) is 5.52 Å². The van der Waals surface area contributed by atoms with E-state index in [0.29, 0.717) is 28.3 Å². The lowest BCUT2D eigenvalue weighted by atomic mass is 9.92. The normalized spacial score (nSPS) is 24.3. The molecule has 8 nitrogen and oxygen atoms in total. The zero-order valence-corrected chi connectivity index (χ0v) is 19.6. The molecule has 2 saturated heterocycles. The van der Waals surface area contributed by atoms with Crippen molar-refractivity contribution in [1.82, 2.24) is 13.9 Å². The van der Waals surface area contributed by atoms with Crippen LogP contribution in [-0.2, 0) is 17.0 Å². The summed E-state index contributed by atoms with van der Waals surface area (Å²) in [5, 5.41) is 10.5. The first-order valence-corrected chi connectivity index (χ1v) is 13.2. The minimum Gasteiger partial charge on any atom is -0.392 e. The number of aryl methyl sites for hydroxylation is 1. The fourth-order valence-electron chi connectivity index (χ4n) is 5.51. The summed E-state index contributed by atoms with van der Waals surface area (Å²) in [6.45, 7) is -0.774. The third-order valence-electron chi connectivity index (χ3n) is 7.87. The molecule has 9 heteroatoms. The summed E-state index contributed by atoms with van der Waals surface area (Å²) >= 11 is 0. The Hall–Kier alpha value is -2.62. The van der Waals surface area contributed by atoms with E-state index in [4.69, 9.17) is 4.11 Å². The predicted octanol–water partition coefficient (Wildman–Crippen LogP) is 2.67. The van der Waals surface area contributed by atoms with Crippen molar-refractivity contribution >= 4 is 26.6 Å². The maximum Gasteiger partial charge on any atom is 0.274 e. The van der Waals surface area contributed by atoms with Gasteiger partial charge in [0.25, 0.3) is 5.56 Å². The van der Waals surface area contributed by atoms with E-state index < -0.39 is 28.7 Å². The van der Waals surface area contributed by atoms with Gasteiger partial charge < -0.3 is 19.6 Å². The number of benzene rings is 1. The molecule has 1 saturated carbocycles. The smallest absolute Gasteiger partial charge is 0.274 e. The molecule has 2 aliphatic heterocycles. The molecule has 180 valence electrons. The number of anilines is 1. The molecule has 3 fully saturated rings. The molecule has 0 radical (unpaired) electrons. The van der Waals surface area contributed by atoms with Crippen molar-refractivity contribution in [1.29, 1.82) is 0 Å². The molecule has 34 heavy (non-hydrogen) atoms. The molecular weight excluding hydrogens is 452 g/mol. The molecule has 2 aromatic heterocycles. The number of piperidine rings is 1. The van der Waals surface area contributed by atoms with Crippen molar-refractivity contribution in [2.75, 3.05) is 31.1 Å². The lowest BCUT2D eigenvalue weighted by molar-refractivity contribution is 0.189. The summed E-state index contributed by atoms with van der Waals surface area (Å²) < 4.78 is 52.8. The number of aromatic nitrogens is 2. The average Bonchev–Trinajstić information content (AvgIpc) is 3.21. The Morgan fingerprint density at radius 1 is 1.12 bits per heavy atom. The number of aliphatic hydroxyl groups is 1. The van der Waals surface area contributed by atoms with Gasteiger partial charge in [-0.25, -0.2) is 8.42 Å². The fourth-order valence-corrected chi connectivity index (χ4v) is 7.03. The van der Waals surface area contributed by atoms with E-state index in [-0.39, 0.29) is 23.5 Å². The highest BCUT2D eigenvalue weighted by Gasteiger charge is 2.44. The summed E-state index contributed by atoms with van der Waals surface area (Å²) in [7, 11) is -3.88. The second-order valence-corrected chi connectivity index (χ2v) is 11.9. The molecule has 0 amide bonds. The first-order valence-electron chi connectivity index (χ1n) is 13.3. The molecular formula is C25H30N4O4S. The van der Waals surface area contributed by atoms with Gasteiger partial charge in [0.2, 0.25) is 10.0 Å². The molecule has 1 aliphatic carbocycles. The molecule has 3 aromatic rings. The first kappa shape index (κ1) is 18.7. The van der Waals surface area contributed by atoms with Gasteiger partial charge in [0.15, 0.2) is 0 Å². The van der Waals surface area contributed by atoms with Gasteiger partial charge in [-0.15, -0.1) is 0 Å². The molecule has 6 rings (SSSR count). The number of pyridine rings is 1. The summed E-state index contributed by atoms with van der Waals surface area (Å²) in [5.74, 6) is 0. The third-order valence-corrected chi connectivity index (χ3v) is 9.73. The van der Waals surface area contributed by atoms with Crippen LogP contribution in [0.25, 0.3) is 22.0 Å². The van der Waals surface area contributed by atoms with Gasteiger partial charge in [0, 0.05) is 71.9 Å². The lowest BCUT2D eigenvalue weighted by Gasteiger charge is -2.35. The van der Waals surface area contributed by atoms with E-state index in [1.807, 2.05) is 0 Å². The van der Waals surface area contributed by atoms with Crippen LogP contribution in [0.3, 0.4) is 0 Å². The Kier molecular flexibility index (Phi) is 4.23. The van der Waals surface area contributed by atoms with Crippen molar-refractivity contribution in [3.05, 3.63) is 47.0 Å². The molecule has 1 atom stereocenters. The number of H-pyrrole nitrogens is 1. The molecule has 1 aromatic carbocycles. The standard InChI is InChI=1S/C25H30N4O4S/c1-27-16-21(19-4-10-26-23(19)24(27)31)20-14-18(34(32,33)29-11-5-17(30)15-29)2-3-22(20)28-12-8-25(6-7-25)9-13-28/h2-4,10,14,16-17,26,30H,5-9,11-13,15H2,1H3/t17-/m0/s1/i1D3. The summed E-state index contributed by atoms with van der Waals surface area (Å²) in [5.41, 5.74) is 1.80. The second-order valence-electron chi connectivity index (χ2n) is 9.96. The van der Waals surface area contributed by atoms with E-state index in [9.17, 15) is 18.3 Å². The highest BCUT2D eigenvalue weighted by molar-refractivity contribution is 7.89. The van der Waals surface area contributed by atoms with Crippen molar-refractivity contribution in [3.63, 3.8) is 0 Å².